The van der Waals surface area contributed by atoms with Crippen molar-refractivity contribution >= 4 is 15.7 Å². The Morgan fingerprint density at radius 1 is 1.13 bits per heavy atom. The van der Waals surface area contributed by atoms with Crippen LogP contribution in [-0.2, 0) is 16.4 Å². The molecular weight excluding hydrogens is 398 g/mol. The lowest BCUT2D eigenvalue weighted by Crippen LogP contribution is -2.37. The number of aromatic nitrogens is 2. The summed E-state index contributed by atoms with van der Waals surface area (Å²) >= 11 is 0. The van der Waals surface area contributed by atoms with Crippen molar-refractivity contribution in [3.05, 3.63) is 77.5 Å². The Hall–Kier alpha value is -2.93. The number of hydrogen-bond acceptors (Lipinski definition) is 4. The Balaban J connectivity index is 1.69. The van der Waals surface area contributed by atoms with E-state index in [1.54, 1.807) is 22.8 Å². The molecule has 0 N–H and O–H groups in total. The molecule has 0 saturated carbocycles. The molecule has 1 fully saturated rings. The SMILES string of the molecule is Cc1ccc(-c2nn(Cc3ccccc3)cc2C(=O)N(C)[C@H]2CCS(=O)(=O)C2)cc1. The number of sulfone groups is 1. The topological polar surface area (TPSA) is 72.3 Å². The van der Waals surface area contributed by atoms with Gasteiger partial charge in [0.15, 0.2) is 9.84 Å². The lowest BCUT2D eigenvalue weighted by Gasteiger charge is -2.23. The summed E-state index contributed by atoms with van der Waals surface area (Å²) < 4.78 is 25.5. The van der Waals surface area contributed by atoms with Crippen LogP contribution in [0.1, 0.15) is 27.9 Å². The zero-order chi connectivity index (χ0) is 21.3. The summed E-state index contributed by atoms with van der Waals surface area (Å²) in [5.74, 6) is -0.0485. The summed E-state index contributed by atoms with van der Waals surface area (Å²) in [4.78, 5) is 14.9. The molecule has 0 radical (unpaired) electrons. The van der Waals surface area contributed by atoms with E-state index in [0.717, 1.165) is 16.7 Å². The standard InChI is InChI=1S/C23H25N3O3S/c1-17-8-10-19(11-9-17)22-21(15-26(24-22)14-18-6-4-3-5-7-18)23(27)25(2)20-12-13-30(28,29)16-20/h3-11,15,20H,12-14,16H2,1-2H3/t20-/m0/s1. The van der Waals surface area contributed by atoms with Gasteiger partial charge in [-0.15, -0.1) is 0 Å². The van der Waals surface area contributed by atoms with E-state index < -0.39 is 9.84 Å². The molecule has 156 valence electrons. The molecular formula is C23H25N3O3S. The van der Waals surface area contributed by atoms with E-state index in [0.29, 0.717) is 24.2 Å². The highest BCUT2D eigenvalue weighted by atomic mass is 32.2. The van der Waals surface area contributed by atoms with Crippen LogP contribution in [0.5, 0.6) is 0 Å². The monoisotopic (exact) mass is 423 g/mol. The van der Waals surface area contributed by atoms with Gasteiger partial charge >= 0.3 is 0 Å². The van der Waals surface area contributed by atoms with Crippen molar-refractivity contribution in [1.82, 2.24) is 14.7 Å². The van der Waals surface area contributed by atoms with Gasteiger partial charge in [-0.05, 0) is 18.9 Å². The first-order valence-electron chi connectivity index (χ1n) is 9.98. The summed E-state index contributed by atoms with van der Waals surface area (Å²) in [5, 5.41) is 4.72. The summed E-state index contributed by atoms with van der Waals surface area (Å²) in [7, 11) is -1.39. The summed E-state index contributed by atoms with van der Waals surface area (Å²) in [5.41, 5.74) is 4.18. The van der Waals surface area contributed by atoms with E-state index in [-0.39, 0.29) is 23.5 Å². The molecule has 6 nitrogen and oxygen atoms in total. The maximum Gasteiger partial charge on any atom is 0.257 e. The highest BCUT2D eigenvalue weighted by molar-refractivity contribution is 7.91. The van der Waals surface area contributed by atoms with E-state index in [2.05, 4.69) is 0 Å². The molecule has 2 aromatic carbocycles. The van der Waals surface area contributed by atoms with Crippen molar-refractivity contribution in [1.29, 1.82) is 0 Å². The van der Waals surface area contributed by atoms with Gasteiger partial charge in [0.2, 0.25) is 0 Å². The van der Waals surface area contributed by atoms with Gasteiger partial charge in [0.25, 0.3) is 5.91 Å². The molecule has 0 bridgehead atoms. The minimum atomic E-state index is -3.07. The number of rotatable bonds is 5. The Bertz CT molecular complexity index is 1150. The zero-order valence-electron chi connectivity index (χ0n) is 17.2. The first-order chi connectivity index (χ1) is 14.3. The van der Waals surface area contributed by atoms with Crippen molar-refractivity contribution < 1.29 is 13.2 Å². The largest absolute Gasteiger partial charge is 0.338 e. The van der Waals surface area contributed by atoms with Crippen LogP contribution in [0.4, 0.5) is 0 Å². The van der Waals surface area contributed by atoms with Gasteiger partial charge in [-0.25, -0.2) is 8.42 Å². The number of aryl methyl sites for hydroxylation is 1. The normalized spacial score (nSPS) is 17.7. The molecule has 4 rings (SSSR count). The van der Waals surface area contributed by atoms with Crippen LogP contribution in [-0.4, -0.2) is 53.6 Å². The molecule has 1 aromatic heterocycles. The second-order valence-corrected chi connectivity index (χ2v) is 10.1. The Morgan fingerprint density at radius 2 is 1.83 bits per heavy atom. The number of amides is 1. The Kier molecular flexibility index (Phi) is 5.47. The van der Waals surface area contributed by atoms with Crippen LogP contribution in [0.25, 0.3) is 11.3 Å². The predicted octanol–water partition coefficient (Wildman–Crippen LogP) is 3.17. The van der Waals surface area contributed by atoms with Crippen LogP contribution >= 0.6 is 0 Å². The van der Waals surface area contributed by atoms with Gasteiger partial charge in [0.1, 0.15) is 5.69 Å². The number of benzene rings is 2. The molecule has 1 amide bonds. The van der Waals surface area contributed by atoms with Crippen LogP contribution in [0.15, 0.2) is 60.8 Å². The van der Waals surface area contributed by atoms with Crippen molar-refractivity contribution in [2.75, 3.05) is 18.6 Å². The maximum absolute atomic E-state index is 13.3. The highest BCUT2D eigenvalue weighted by Gasteiger charge is 2.34. The van der Waals surface area contributed by atoms with Crippen LogP contribution < -0.4 is 0 Å². The molecule has 0 unspecified atom stereocenters. The van der Waals surface area contributed by atoms with Crippen molar-refractivity contribution in [2.24, 2.45) is 0 Å². The molecule has 30 heavy (non-hydrogen) atoms. The van der Waals surface area contributed by atoms with Gasteiger partial charge in [-0.3, -0.25) is 9.48 Å². The number of hydrogen-bond donors (Lipinski definition) is 0. The maximum atomic E-state index is 13.3. The minimum absolute atomic E-state index is 0.0211. The first-order valence-corrected chi connectivity index (χ1v) is 11.8. The molecule has 1 aliphatic heterocycles. The predicted molar refractivity (Wildman–Crippen MR) is 117 cm³/mol. The number of carbonyl (C=O) groups excluding carboxylic acids is 1. The second-order valence-electron chi connectivity index (χ2n) is 7.91. The first kappa shape index (κ1) is 20.3. The van der Waals surface area contributed by atoms with Gasteiger partial charge < -0.3 is 4.90 Å². The molecule has 1 aliphatic rings. The average molecular weight is 424 g/mol. The molecule has 1 atom stereocenters. The van der Waals surface area contributed by atoms with E-state index in [4.69, 9.17) is 5.10 Å². The van der Waals surface area contributed by atoms with Gasteiger partial charge in [-0.2, -0.15) is 5.10 Å². The van der Waals surface area contributed by atoms with Crippen molar-refractivity contribution in [3.63, 3.8) is 0 Å². The Labute approximate surface area is 177 Å². The smallest absolute Gasteiger partial charge is 0.257 e. The average Bonchev–Trinajstić information content (AvgIpc) is 3.31. The summed E-state index contributed by atoms with van der Waals surface area (Å²) in [6, 6.07) is 17.5. The highest BCUT2D eigenvalue weighted by Crippen LogP contribution is 2.26. The van der Waals surface area contributed by atoms with Gasteiger partial charge in [0, 0.05) is 24.8 Å². The summed E-state index contributed by atoms with van der Waals surface area (Å²) in [6.07, 6.45) is 2.24. The molecule has 0 spiro atoms. The van der Waals surface area contributed by atoms with Gasteiger partial charge in [-0.1, -0.05) is 60.2 Å². The molecule has 1 saturated heterocycles. The van der Waals surface area contributed by atoms with Crippen LogP contribution in [0.3, 0.4) is 0 Å². The van der Waals surface area contributed by atoms with E-state index in [1.165, 1.54) is 0 Å². The van der Waals surface area contributed by atoms with Gasteiger partial charge in [0.05, 0.1) is 23.6 Å². The fourth-order valence-corrected chi connectivity index (χ4v) is 5.57. The molecule has 3 aromatic rings. The molecule has 2 heterocycles. The zero-order valence-corrected chi connectivity index (χ0v) is 18.0. The lowest BCUT2D eigenvalue weighted by molar-refractivity contribution is 0.0748. The molecule has 7 heteroatoms. The van der Waals surface area contributed by atoms with Crippen LogP contribution in [0, 0.1) is 6.92 Å². The number of carbonyl (C=O) groups is 1. The number of nitrogens with zero attached hydrogens (tertiary/aromatic N) is 3. The fraction of sp³-hybridized carbons (Fsp3) is 0.304. The Morgan fingerprint density at radius 3 is 2.47 bits per heavy atom. The van der Waals surface area contributed by atoms with E-state index in [1.807, 2.05) is 61.5 Å². The third-order valence-corrected chi connectivity index (χ3v) is 7.33. The van der Waals surface area contributed by atoms with Crippen molar-refractivity contribution in [2.45, 2.75) is 25.9 Å². The quantitative estimate of drug-likeness (QED) is 0.632. The third kappa shape index (κ3) is 4.31. The lowest BCUT2D eigenvalue weighted by atomic mass is 10.1. The van der Waals surface area contributed by atoms with E-state index >= 15 is 0 Å². The summed E-state index contributed by atoms with van der Waals surface area (Å²) in [6.45, 7) is 2.56. The fourth-order valence-electron chi connectivity index (χ4n) is 3.79. The van der Waals surface area contributed by atoms with Crippen molar-refractivity contribution in [3.8, 4) is 11.3 Å². The second kappa shape index (κ2) is 8.07. The minimum Gasteiger partial charge on any atom is -0.338 e. The third-order valence-electron chi connectivity index (χ3n) is 5.58. The van der Waals surface area contributed by atoms with Crippen LogP contribution in [0.2, 0.25) is 0 Å². The van der Waals surface area contributed by atoms with E-state index in [9.17, 15) is 13.2 Å². The molecule has 0 aliphatic carbocycles.